The van der Waals surface area contributed by atoms with Gasteiger partial charge in [-0.15, -0.1) is 0 Å². The standard InChI is InChI=1S/C23H26N2O2/c1-23(2,3)19-12-10-18(11-13-19)22(26)25-15-6-16-27-20-9-4-7-17-8-5-14-24-21(17)20/h4-5,7-14H,6,15-16H2,1-3H3,(H,25,26). The predicted octanol–water partition coefficient (Wildman–Crippen LogP) is 4.73. The molecule has 4 nitrogen and oxygen atoms in total. The molecule has 1 N–H and O–H groups in total. The van der Waals surface area contributed by atoms with Gasteiger partial charge in [-0.2, -0.15) is 0 Å². The maximum atomic E-state index is 12.3. The largest absolute Gasteiger partial charge is 0.491 e. The van der Waals surface area contributed by atoms with E-state index in [9.17, 15) is 4.79 Å². The fraction of sp³-hybridized carbons (Fsp3) is 0.304. The number of ether oxygens (including phenoxy) is 1. The number of benzene rings is 2. The van der Waals surface area contributed by atoms with Crippen molar-refractivity contribution in [2.45, 2.75) is 32.6 Å². The maximum absolute atomic E-state index is 12.3. The molecule has 0 saturated heterocycles. The summed E-state index contributed by atoms with van der Waals surface area (Å²) in [5.74, 6) is 0.722. The van der Waals surface area contributed by atoms with Crippen molar-refractivity contribution in [1.82, 2.24) is 10.3 Å². The Kier molecular flexibility index (Phi) is 5.75. The molecule has 1 amide bonds. The van der Waals surface area contributed by atoms with Crippen molar-refractivity contribution < 1.29 is 9.53 Å². The molecule has 3 rings (SSSR count). The summed E-state index contributed by atoms with van der Waals surface area (Å²) in [5, 5.41) is 4.00. The zero-order valence-corrected chi connectivity index (χ0v) is 16.2. The van der Waals surface area contributed by atoms with Gasteiger partial charge >= 0.3 is 0 Å². The van der Waals surface area contributed by atoms with E-state index in [1.807, 2.05) is 54.6 Å². The summed E-state index contributed by atoms with van der Waals surface area (Å²) in [6.07, 6.45) is 2.50. The van der Waals surface area contributed by atoms with Gasteiger partial charge in [0.1, 0.15) is 11.3 Å². The minimum atomic E-state index is -0.0534. The zero-order chi connectivity index (χ0) is 19.3. The van der Waals surface area contributed by atoms with E-state index in [-0.39, 0.29) is 11.3 Å². The number of nitrogens with one attached hydrogen (secondary N) is 1. The summed E-state index contributed by atoms with van der Waals surface area (Å²) in [4.78, 5) is 16.6. The number of hydrogen-bond acceptors (Lipinski definition) is 3. The Bertz CT molecular complexity index is 906. The molecule has 0 aliphatic carbocycles. The summed E-state index contributed by atoms with van der Waals surface area (Å²) in [6, 6.07) is 17.6. The molecule has 140 valence electrons. The van der Waals surface area contributed by atoms with Gasteiger partial charge in [0.2, 0.25) is 0 Å². The average molecular weight is 362 g/mol. The van der Waals surface area contributed by atoms with Crippen LogP contribution >= 0.6 is 0 Å². The molecule has 0 radical (unpaired) electrons. The fourth-order valence-electron chi connectivity index (χ4n) is 2.87. The van der Waals surface area contributed by atoms with Gasteiger partial charge in [0, 0.05) is 23.7 Å². The lowest BCUT2D eigenvalue weighted by atomic mass is 9.87. The van der Waals surface area contributed by atoms with Crippen LogP contribution in [-0.2, 0) is 5.41 Å². The van der Waals surface area contributed by atoms with Gasteiger partial charge in [-0.1, -0.05) is 51.1 Å². The van der Waals surface area contributed by atoms with E-state index in [0.29, 0.717) is 18.7 Å². The molecule has 0 fully saturated rings. The molecule has 1 aromatic heterocycles. The van der Waals surface area contributed by atoms with Crippen molar-refractivity contribution in [2.75, 3.05) is 13.2 Å². The predicted molar refractivity (Wildman–Crippen MR) is 109 cm³/mol. The number of aromatic nitrogens is 1. The first-order chi connectivity index (χ1) is 12.9. The number of pyridine rings is 1. The van der Waals surface area contributed by atoms with Crippen molar-refractivity contribution in [1.29, 1.82) is 0 Å². The molecule has 3 aromatic rings. The number of fused-ring (bicyclic) bond motifs is 1. The van der Waals surface area contributed by atoms with Crippen LogP contribution in [0.3, 0.4) is 0 Å². The molecule has 2 aromatic carbocycles. The van der Waals surface area contributed by atoms with E-state index in [1.54, 1.807) is 6.20 Å². The lowest BCUT2D eigenvalue weighted by Gasteiger charge is -2.19. The molecule has 0 spiro atoms. The molecule has 0 aliphatic rings. The molecule has 27 heavy (non-hydrogen) atoms. The summed E-state index contributed by atoms with van der Waals surface area (Å²) in [7, 11) is 0. The molecule has 0 aliphatic heterocycles. The molecule has 1 heterocycles. The second kappa shape index (κ2) is 8.21. The van der Waals surface area contributed by atoms with Crippen molar-refractivity contribution in [2.24, 2.45) is 0 Å². The second-order valence-electron chi connectivity index (χ2n) is 7.62. The summed E-state index contributed by atoms with van der Waals surface area (Å²) < 4.78 is 5.85. The third-order valence-electron chi connectivity index (χ3n) is 4.47. The molecular formula is C23H26N2O2. The van der Waals surface area contributed by atoms with Gasteiger partial charge in [-0.25, -0.2) is 0 Å². The summed E-state index contributed by atoms with van der Waals surface area (Å²) >= 11 is 0. The second-order valence-corrected chi connectivity index (χ2v) is 7.62. The van der Waals surface area contributed by atoms with Crippen LogP contribution in [0.15, 0.2) is 60.8 Å². The third kappa shape index (κ3) is 4.85. The van der Waals surface area contributed by atoms with Crippen molar-refractivity contribution in [3.8, 4) is 5.75 Å². The molecule has 4 heteroatoms. The summed E-state index contributed by atoms with van der Waals surface area (Å²) in [6.45, 7) is 7.58. The number of carbonyl (C=O) groups excluding carboxylic acids is 1. The SMILES string of the molecule is CC(C)(C)c1ccc(C(=O)NCCCOc2cccc3cccnc23)cc1. The average Bonchev–Trinajstić information content (AvgIpc) is 2.67. The van der Waals surface area contributed by atoms with Crippen LogP contribution in [0.2, 0.25) is 0 Å². The van der Waals surface area contributed by atoms with Crippen LogP contribution in [0.1, 0.15) is 43.1 Å². The Hall–Kier alpha value is -2.88. The van der Waals surface area contributed by atoms with E-state index >= 15 is 0 Å². The highest BCUT2D eigenvalue weighted by molar-refractivity contribution is 5.94. The Morgan fingerprint density at radius 3 is 2.52 bits per heavy atom. The minimum Gasteiger partial charge on any atom is -0.491 e. The van der Waals surface area contributed by atoms with E-state index < -0.39 is 0 Å². The number of rotatable bonds is 6. The zero-order valence-electron chi connectivity index (χ0n) is 16.2. The quantitative estimate of drug-likeness (QED) is 0.645. The van der Waals surface area contributed by atoms with Crippen molar-refractivity contribution in [3.05, 3.63) is 71.9 Å². The van der Waals surface area contributed by atoms with Crippen LogP contribution in [0, 0.1) is 0 Å². The first-order valence-corrected chi connectivity index (χ1v) is 9.30. The number of hydrogen-bond donors (Lipinski definition) is 1. The van der Waals surface area contributed by atoms with E-state index in [1.165, 1.54) is 5.56 Å². The molecular weight excluding hydrogens is 336 g/mol. The van der Waals surface area contributed by atoms with Crippen LogP contribution < -0.4 is 10.1 Å². The van der Waals surface area contributed by atoms with Gasteiger partial charge in [-0.05, 0) is 41.7 Å². The molecule has 0 unspecified atom stereocenters. The highest BCUT2D eigenvalue weighted by Gasteiger charge is 2.14. The monoisotopic (exact) mass is 362 g/mol. The van der Waals surface area contributed by atoms with Crippen LogP contribution in [0.25, 0.3) is 10.9 Å². The van der Waals surface area contributed by atoms with Crippen molar-refractivity contribution >= 4 is 16.8 Å². The normalized spacial score (nSPS) is 11.4. The smallest absolute Gasteiger partial charge is 0.251 e. The first kappa shape index (κ1) is 18.9. The third-order valence-corrected chi connectivity index (χ3v) is 4.47. The Morgan fingerprint density at radius 1 is 1.04 bits per heavy atom. The highest BCUT2D eigenvalue weighted by atomic mass is 16.5. The van der Waals surface area contributed by atoms with Gasteiger partial charge in [0.25, 0.3) is 5.91 Å². The van der Waals surface area contributed by atoms with Crippen LogP contribution in [0.5, 0.6) is 5.75 Å². The van der Waals surface area contributed by atoms with Gasteiger partial charge in [0.15, 0.2) is 0 Å². The molecule has 0 bridgehead atoms. The van der Waals surface area contributed by atoms with Gasteiger partial charge in [-0.3, -0.25) is 9.78 Å². The Balaban J connectivity index is 1.46. The number of carbonyl (C=O) groups is 1. The number of amides is 1. The fourth-order valence-corrected chi connectivity index (χ4v) is 2.87. The van der Waals surface area contributed by atoms with Gasteiger partial charge in [0.05, 0.1) is 6.61 Å². The van der Waals surface area contributed by atoms with E-state index in [0.717, 1.165) is 23.1 Å². The highest BCUT2D eigenvalue weighted by Crippen LogP contribution is 2.23. The van der Waals surface area contributed by atoms with E-state index in [2.05, 4.69) is 31.1 Å². The Labute approximate surface area is 160 Å². The van der Waals surface area contributed by atoms with Gasteiger partial charge < -0.3 is 10.1 Å². The maximum Gasteiger partial charge on any atom is 0.251 e. The molecule has 0 atom stereocenters. The summed E-state index contributed by atoms with van der Waals surface area (Å²) in [5.41, 5.74) is 2.85. The molecule has 0 saturated carbocycles. The number of nitrogens with zero attached hydrogens (tertiary/aromatic N) is 1. The van der Waals surface area contributed by atoms with E-state index in [4.69, 9.17) is 4.74 Å². The lowest BCUT2D eigenvalue weighted by molar-refractivity contribution is 0.0951. The minimum absolute atomic E-state index is 0.0534. The number of para-hydroxylation sites is 1. The van der Waals surface area contributed by atoms with Crippen molar-refractivity contribution in [3.63, 3.8) is 0 Å². The topological polar surface area (TPSA) is 51.2 Å². The van der Waals surface area contributed by atoms with Crippen LogP contribution in [0.4, 0.5) is 0 Å². The first-order valence-electron chi connectivity index (χ1n) is 9.30. The lowest BCUT2D eigenvalue weighted by Crippen LogP contribution is -2.25. The Morgan fingerprint density at radius 2 is 1.78 bits per heavy atom. The van der Waals surface area contributed by atoms with Crippen LogP contribution in [-0.4, -0.2) is 24.0 Å².